The number of phenolic OH excluding ortho intramolecular Hbond substituents is 1. The minimum atomic E-state index is -0.832. The molecule has 2 aromatic rings. The van der Waals surface area contributed by atoms with Crippen LogP contribution in [-0.4, -0.2) is 71.7 Å². The Morgan fingerprint density at radius 1 is 1.22 bits per heavy atom. The summed E-state index contributed by atoms with van der Waals surface area (Å²) in [6.45, 7) is 2.66. The molecule has 0 spiro atoms. The Kier molecular flexibility index (Phi) is 5.78. The first-order chi connectivity index (χ1) is 13.0. The molecule has 1 saturated heterocycles. The van der Waals surface area contributed by atoms with Crippen LogP contribution in [0.4, 0.5) is 0 Å². The van der Waals surface area contributed by atoms with Crippen molar-refractivity contribution in [2.24, 2.45) is 0 Å². The molecule has 1 unspecified atom stereocenters. The van der Waals surface area contributed by atoms with Gasteiger partial charge in [0.15, 0.2) is 5.76 Å². The summed E-state index contributed by atoms with van der Waals surface area (Å²) in [6.07, 6.45) is 0.640. The Morgan fingerprint density at radius 3 is 2.59 bits per heavy atom. The maximum atomic E-state index is 12.3. The second-order valence-electron chi connectivity index (χ2n) is 6.35. The van der Waals surface area contributed by atoms with E-state index in [-0.39, 0.29) is 17.2 Å². The van der Waals surface area contributed by atoms with Crippen molar-refractivity contribution in [3.05, 3.63) is 53.5 Å². The number of furan rings is 1. The molecule has 1 amide bonds. The zero-order chi connectivity index (χ0) is 19.4. The molecule has 0 saturated carbocycles. The number of piperazine rings is 1. The van der Waals surface area contributed by atoms with Crippen molar-refractivity contribution in [2.45, 2.75) is 6.10 Å². The number of β-amino-alcohol motifs (C(OH)–C–C–N with tert-alkyl or cyclic N) is 1. The number of ether oxygens (including phenoxy) is 1. The molecule has 2 N–H and O–H groups in total. The molecule has 1 aliphatic heterocycles. The SMILES string of the molecule is COC(=O)c1cc(C(O)CN2CCN(C(=O)c3ccco3)CC2)ccc1O. The lowest BCUT2D eigenvalue weighted by atomic mass is 10.0. The standard InChI is InChI=1S/C19H22N2O6/c1-26-19(25)14-11-13(4-5-15(14)22)16(23)12-20-6-8-21(9-7-20)18(24)17-3-2-10-27-17/h2-5,10-11,16,22-23H,6-9,12H2,1H3. The number of aliphatic hydroxyl groups is 1. The van der Waals surface area contributed by atoms with Gasteiger partial charge in [0.05, 0.1) is 19.5 Å². The number of carbonyl (C=O) groups excluding carboxylic acids is 2. The first-order valence-corrected chi connectivity index (χ1v) is 8.64. The van der Waals surface area contributed by atoms with Gasteiger partial charge in [-0.25, -0.2) is 4.79 Å². The van der Waals surface area contributed by atoms with Gasteiger partial charge in [0.2, 0.25) is 0 Å². The van der Waals surface area contributed by atoms with Crippen LogP contribution in [0.1, 0.15) is 32.6 Å². The van der Waals surface area contributed by atoms with Crippen LogP contribution in [0.25, 0.3) is 0 Å². The number of nitrogens with zero attached hydrogens (tertiary/aromatic N) is 2. The van der Waals surface area contributed by atoms with E-state index in [1.807, 2.05) is 4.90 Å². The molecule has 0 aliphatic carbocycles. The summed E-state index contributed by atoms with van der Waals surface area (Å²) in [4.78, 5) is 27.7. The maximum Gasteiger partial charge on any atom is 0.341 e. The maximum absolute atomic E-state index is 12.3. The van der Waals surface area contributed by atoms with E-state index in [1.165, 1.54) is 25.5 Å². The van der Waals surface area contributed by atoms with E-state index in [0.29, 0.717) is 44.0 Å². The largest absolute Gasteiger partial charge is 0.507 e. The third-order valence-corrected chi connectivity index (χ3v) is 4.63. The van der Waals surface area contributed by atoms with Crippen LogP contribution < -0.4 is 0 Å². The third-order valence-electron chi connectivity index (χ3n) is 4.63. The van der Waals surface area contributed by atoms with Crippen molar-refractivity contribution in [2.75, 3.05) is 39.8 Å². The Morgan fingerprint density at radius 2 is 1.96 bits per heavy atom. The van der Waals surface area contributed by atoms with Gasteiger partial charge in [-0.2, -0.15) is 0 Å². The number of hydrogen-bond donors (Lipinski definition) is 2. The Balaban J connectivity index is 1.57. The highest BCUT2D eigenvalue weighted by molar-refractivity contribution is 5.92. The van der Waals surface area contributed by atoms with Gasteiger partial charge in [-0.05, 0) is 29.8 Å². The van der Waals surface area contributed by atoms with Gasteiger partial charge in [-0.3, -0.25) is 9.69 Å². The van der Waals surface area contributed by atoms with Gasteiger partial charge >= 0.3 is 5.97 Å². The molecule has 0 radical (unpaired) electrons. The zero-order valence-electron chi connectivity index (χ0n) is 15.0. The van der Waals surface area contributed by atoms with Crippen molar-refractivity contribution in [1.82, 2.24) is 9.80 Å². The predicted molar refractivity (Wildman–Crippen MR) is 95.5 cm³/mol. The fourth-order valence-corrected chi connectivity index (χ4v) is 3.07. The van der Waals surface area contributed by atoms with Crippen LogP contribution in [-0.2, 0) is 4.74 Å². The number of aromatic hydroxyl groups is 1. The van der Waals surface area contributed by atoms with Crippen molar-refractivity contribution in [1.29, 1.82) is 0 Å². The summed E-state index contributed by atoms with van der Waals surface area (Å²) in [5.74, 6) is -0.668. The van der Waals surface area contributed by atoms with Crippen molar-refractivity contribution in [3.8, 4) is 5.75 Å². The number of phenols is 1. The van der Waals surface area contributed by atoms with E-state index >= 15 is 0 Å². The van der Waals surface area contributed by atoms with Crippen LogP contribution >= 0.6 is 0 Å². The fraction of sp³-hybridized carbons (Fsp3) is 0.368. The number of rotatable bonds is 5. The number of hydrogen-bond acceptors (Lipinski definition) is 7. The number of benzene rings is 1. The van der Waals surface area contributed by atoms with E-state index in [0.717, 1.165) is 0 Å². The van der Waals surface area contributed by atoms with Gasteiger partial charge in [0.1, 0.15) is 11.3 Å². The predicted octanol–water partition coefficient (Wildman–Crippen LogP) is 1.26. The monoisotopic (exact) mass is 374 g/mol. The second kappa shape index (κ2) is 8.24. The van der Waals surface area contributed by atoms with Gasteiger partial charge in [-0.1, -0.05) is 6.07 Å². The minimum Gasteiger partial charge on any atom is -0.507 e. The highest BCUT2D eigenvalue weighted by Crippen LogP contribution is 2.24. The van der Waals surface area contributed by atoms with E-state index in [4.69, 9.17) is 4.42 Å². The summed E-state index contributed by atoms with van der Waals surface area (Å²) in [6, 6.07) is 7.69. The van der Waals surface area contributed by atoms with Crippen molar-refractivity contribution >= 4 is 11.9 Å². The molecule has 1 aliphatic rings. The molecule has 2 heterocycles. The number of esters is 1. The van der Waals surface area contributed by atoms with Crippen LogP contribution in [0.15, 0.2) is 41.0 Å². The molecular weight excluding hydrogens is 352 g/mol. The van der Waals surface area contributed by atoms with Gasteiger partial charge in [0, 0.05) is 32.7 Å². The summed E-state index contributed by atoms with van der Waals surface area (Å²) in [7, 11) is 1.23. The molecule has 0 bridgehead atoms. The second-order valence-corrected chi connectivity index (χ2v) is 6.35. The third kappa shape index (κ3) is 4.29. The Hall–Kier alpha value is -2.84. The highest BCUT2D eigenvalue weighted by atomic mass is 16.5. The quantitative estimate of drug-likeness (QED) is 0.760. The molecule has 1 atom stereocenters. The fourth-order valence-electron chi connectivity index (χ4n) is 3.07. The first kappa shape index (κ1) is 18.9. The number of carbonyl (C=O) groups is 2. The molecular formula is C19H22N2O6. The van der Waals surface area contributed by atoms with Gasteiger partial charge in [-0.15, -0.1) is 0 Å². The summed E-state index contributed by atoms with van der Waals surface area (Å²) in [5.41, 5.74) is 0.533. The molecule has 3 rings (SSSR count). The Labute approximate surface area is 156 Å². The van der Waals surface area contributed by atoms with Crippen LogP contribution in [0.3, 0.4) is 0 Å². The molecule has 1 aromatic heterocycles. The zero-order valence-corrected chi connectivity index (χ0v) is 15.0. The average molecular weight is 374 g/mol. The molecule has 1 fully saturated rings. The molecule has 144 valence electrons. The van der Waals surface area contributed by atoms with Crippen LogP contribution in [0.5, 0.6) is 5.75 Å². The van der Waals surface area contributed by atoms with Gasteiger partial charge in [0.25, 0.3) is 5.91 Å². The lowest BCUT2D eigenvalue weighted by molar-refractivity contribution is 0.0503. The smallest absolute Gasteiger partial charge is 0.341 e. The average Bonchev–Trinajstić information content (AvgIpc) is 3.22. The number of aliphatic hydroxyl groups excluding tert-OH is 1. The van der Waals surface area contributed by atoms with E-state index in [2.05, 4.69) is 4.74 Å². The molecule has 8 nitrogen and oxygen atoms in total. The van der Waals surface area contributed by atoms with E-state index in [1.54, 1.807) is 23.1 Å². The van der Waals surface area contributed by atoms with Crippen LogP contribution in [0, 0.1) is 0 Å². The van der Waals surface area contributed by atoms with Crippen molar-refractivity contribution in [3.63, 3.8) is 0 Å². The van der Waals surface area contributed by atoms with Crippen LogP contribution in [0.2, 0.25) is 0 Å². The Bertz CT molecular complexity index is 797. The number of methoxy groups -OCH3 is 1. The summed E-state index contributed by atoms with van der Waals surface area (Å²) < 4.78 is 9.77. The highest BCUT2D eigenvalue weighted by Gasteiger charge is 2.25. The molecule has 1 aromatic carbocycles. The topological polar surface area (TPSA) is 103 Å². The lowest BCUT2D eigenvalue weighted by Crippen LogP contribution is -2.49. The van der Waals surface area contributed by atoms with E-state index < -0.39 is 12.1 Å². The minimum absolute atomic E-state index is 0.0166. The normalized spacial score (nSPS) is 16.1. The summed E-state index contributed by atoms with van der Waals surface area (Å²) >= 11 is 0. The van der Waals surface area contributed by atoms with Gasteiger partial charge < -0.3 is 24.3 Å². The molecule has 27 heavy (non-hydrogen) atoms. The van der Waals surface area contributed by atoms with E-state index in [9.17, 15) is 19.8 Å². The lowest BCUT2D eigenvalue weighted by Gasteiger charge is -2.35. The molecule has 8 heteroatoms. The number of amides is 1. The first-order valence-electron chi connectivity index (χ1n) is 8.64. The summed E-state index contributed by atoms with van der Waals surface area (Å²) in [5, 5.41) is 20.3. The van der Waals surface area contributed by atoms with Crippen molar-refractivity contribution < 1.29 is 29.0 Å².